The summed E-state index contributed by atoms with van der Waals surface area (Å²) in [5.41, 5.74) is 6.69. The van der Waals surface area contributed by atoms with Crippen LogP contribution in [0.5, 0.6) is 5.75 Å². The van der Waals surface area contributed by atoms with Crippen LogP contribution in [0.1, 0.15) is 142 Å². The summed E-state index contributed by atoms with van der Waals surface area (Å²) in [4.78, 5) is 126. The summed E-state index contributed by atoms with van der Waals surface area (Å²) in [7, 11) is 4.51. The van der Waals surface area contributed by atoms with Crippen molar-refractivity contribution in [1.82, 2.24) is 15.5 Å². The van der Waals surface area contributed by atoms with Gasteiger partial charge in [0.05, 0.1) is 37.8 Å². The second kappa shape index (κ2) is 30.1. The Balaban J connectivity index is 1.11. The van der Waals surface area contributed by atoms with E-state index < -0.39 is 83.4 Å². The first-order valence-corrected chi connectivity index (χ1v) is 31.2. The number of aliphatic hydroxyl groups is 1. The van der Waals surface area contributed by atoms with Crippen LogP contribution in [0.4, 0.5) is 26.7 Å². The Labute approximate surface area is 521 Å². The maximum absolute atomic E-state index is 14.7. The van der Waals surface area contributed by atoms with E-state index in [1.165, 1.54) is 24.0 Å². The Morgan fingerprint density at radius 2 is 1.67 bits per heavy atom. The molecule has 7 amide bonds. The SMILES string of the molecule is COc1cc2cc(c1Cl)N(C)C(=O)C[C@H](OC(=O)Nc1cc(N3CCCC3)c(CC(=O)[C@H](CCCNC(N)=O)NC(=O)[C@@H](CC(=O)CCCCCN3C(=O)CC(C)C3=O)C(C)C)cc1C)[C@]1(C)O[C@H]1[C@H](C)[C@@H]1C[C@@](O)(CC(=O)O1)[C@H](OC)/C=C/C=C(\C)C2. The van der Waals surface area contributed by atoms with Crippen LogP contribution in [0.15, 0.2) is 48.1 Å². The molecule has 0 aromatic heterocycles. The predicted molar refractivity (Wildman–Crippen MR) is 331 cm³/mol. The summed E-state index contributed by atoms with van der Waals surface area (Å²) in [6, 6.07) is 5.43. The number of unbranched alkanes of at least 4 members (excludes halogenated alkanes) is 2. The predicted octanol–water partition coefficient (Wildman–Crippen LogP) is 7.76. The number of hydrogen-bond acceptors (Lipinski definition) is 16. The number of methoxy groups -OCH3 is 2. The molecule has 5 aliphatic rings. The van der Waals surface area contributed by atoms with E-state index in [4.69, 9.17) is 41.0 Å². The van der Waals surface area contributed by atoms with Crippen LogP contribution in [0.25, 0.3) is 0 Å². The molecule has 10 atom stereocenters. The van der Waals surface area contributed by atoms with Gasteiger partial charge in [0.1, 0.15) is 46.1 Å². The zero-order valence-electron chi connectivity index (χ0n) is 52.6. The van der Waals surface area contributed by atoms with Crippen molar-refractivity contribution in [3.8, 4) is 5.75 Å². The number of epoxide rings is 1. The monoisotopic (exact) mass is 1240 g/mol. The fourth-order valence-corrected chi connectivity index (χ4v) is 13.0. The highest BCUT2D eigenvalue weighted by molar-refractivity contribution is 6.35. The van der Waals surface area contributed by atoms with Gasteiger partial charge in [-0.3, -0.25) is 43.8 Å². The highest BCUT2D eigenvalue weighted by Crippen LogP contribution is 2.50. The number of urea groups is 1. The highest BCUT2D eigenvalue weighted by Gasteiger charge is 2.64. The lowest BCUT2D eigenvalue weighted by Crippen LogP contribution is -2.53. The standard InChI is InChI=1S/C65H90ClN7O15/c1-37(2)45(32-44(74)19-12-11-13-25-73-56(77)28-40(5)61(73)80)60(79)69-46(20-17-22-68-62(67)81)50(75)31-43-27-39(4)47(33-48(43)72-23-14-15-24-72)70-63(82)87-54-34-55(76)71(8)49-29-42(30-51(84-9)58(49)66)26-38(3)18-16-21-53(85-10)65(83)35-52(86-57(78)36-65)41(6)59-64(54,7)88-59/h16,18,21,27,29-30,33,37,40-41,45-46,52-54,59,83H,11-15,17,19-20,22-26,28,31-32,34-36H2,1-10H3,(H,69,79)(H,70,82)(H3,67,68,81)/b21-16+,38-18+/t40?,41-,45+,46+,52+,53-,54+,59+,64+,65-/m1/s1. The van der Waals surface area contributed by atoms with Crippen LogP contribution in [0.3, 0.4) is 0 Å². The molecule has 0 spiro atoms. The third-order valence-electron chi connectivity index (χ3n) is 18.0. The van der Waals surface area contributed by atoms with Gasteiger partial charge in [-0.05, 0) is 107 Å². The number of carbonyl (C=O) groups excluding carboxylic acids is 9. The van der Waals surface area contributed by atoms with Gasteiger partial charge in [0.2, 0.25) is 23.6 Å². The minimum absolute atomic E-state index is 0.00322. The Kier molecular flexibility index (Phi) is 23.5. The number of Topliss-reactive ketones (excluding diaryl/α,β-unsaturated/α-hetero) is 2. The average Bonchev–Trinajstić information content (AvgIpc) is 1.64. The molecular formula is C65H90ClN7O15. The molecule has 6 N–H and O–H groups in total. The van der Waals surface area contributed by atoms with Crippen molar-refractivity contribution in [1.29, 1.82) is 0 Å². The lowest BCUT2D eigenvalue weighted by atomic mass is 9.78. The number of halogens is 1. The topological polar surface area (TPSA) is 295 Å². The van der Waals surface area contributed by atoms with Gasteiger partial charge in [-0.25, -0.2) is 9.59 Å². The molecule has 5 aliphatic heterocycles. The zero-order valence-corrected chi connectivity index (χ0v) is 53.4. The number of imide groups is 1. The number of hydrogen-bond donors (Lipinski definition) is 5. The van der Waals surface area contributed by atoms with Gasteiger partial charge in [0.15, 0.2) is 5.78 Å². The van der Waals surface area contributed by atoms with Crippen LogP contribution < -0.4 is 36.2 Å². The molecule has 2 aromatic carbocycles. The maximum Gasteiger partial charge on any atom is 0.412 e. The Morgan fingerprint density at radius 3 is 2.33 bits per heavy atom. The van der Waals surface area contributed by atoms with Crippen molar-refractivity contribution in [2.45, 2.75) is 186 Å². The maximum atomic E-state index is 14.7. The molecule has 0 radical (unpaired) electrons. The van der Waals surface area contributed by atoms with E-state index in [1.54, 1.807) is 58.2 Å². The number of nitrogens with two attached hydrogens (primary N) is 1. The summed E-state index contributed by atoms with van der Waals surface area (Å²) in [6.45, 7) is 14.4. The largest absolute Gasteiger partial charge is 0.495 e. The van der Waals surface area contributed by atoms with Crippen molar-refractivity contribution in [3.05, 3.63) is 69.8 Å². The van der Waals surface area contributed by atoms with Gasteiger partial charge >= 0.3 is 18.1 Å². The third-order valence-corrected chi connectivity index (χ3v) is 18.4. The Hall–Kier alpha value is -6.88. The average molecular weight is 1240 g/mol. The molecule has 4 bridgehead atoms. The zero-order chi connectivity index (χ0) is 64.4. The molecule has 7 rings (SSSR count). The quantitative estimate of drug-likeness (QED) is 0.0307. The number of fused-ring (bicyclic) bond motifs is 5. The minimum atomic E-state index is -1.65. The molecule has 4 saturated heterocycles. The highest BCUT2D eigenvalue weighted by atomic mass is 35.5. The second-order valence-electron chi connectivity index (χ2n) is 25.2. The molecule has 4 fully saturated rings. The number of aryl methyl sites for hydroxylation is 1. The number of esters is 1. The number of rotatable bonds is 23. The van der Waals surface area contributed by atoms with Gasteiger partial charge in [0, 0.05) is 102 Å². The van der Waals surface area contributed by atoms with Crippen molar-refractivity contribution in [3.63, 3.8) is 0 Å². The van der Waals surface area contributed by atoms with Gasteiger partial charge in [-0.2, -0.15) is 0 Å². The van der Waals surface area contributed by atoms with Gasteiger partial charge in [0.25, 0.3) is 0 Å². The van der Waals surface area contributed by atoms with Crippen molar-refractivity contribution in [2.75, 3.05) is 62.6 Å². The van der Waals surface area contributed by atoms with Crippen LogP contribution >= 0.6 is 11.6 Å². The fraction of sp³-hybridized carbons (Fsp3) is 0.615. The van der Waals surface area contributed by atoms with Gasteiger partial charge < -0.3 is 55.0 Å². The first-order chi connectivity index (χ1) is 41.7. The Morgan fingerprint density at radius 1 is 0.943 bits per heavy atom. The number of likely N-dealkylation sites (tertiary alicyclic amines) is 1. The number of amides is 7. The molecular weight excluding hydrogens is 1150 g/mol. The van der Waals surface area contributed by atoms with E-state index in [1.807, 2.05) is 39.8 Å². The first-order valence-electron chi connectivity index (χ1n) is 30.8. The number of anilines is 3. The Bertz CT molecular complexity index is 3020. The van der Waals surface area contributed by atoms with Crippen molar-refractivity contribution in [2.24, 2.45) is 29.4 Å². The lowest BCUT2D eigenvalue weighted by molar-refractivity contribution is -0.187. The number of nitrogens with one attached hydrogen (secondary N) is 3. The normalized spacial score (nSPS) is 26.6. The van der Waals surface area contributed by atoms with Gasteiger partial charge in [-0.15, -0.1) is 0 Å². The number of ketones is 2. The lowest BCUT2D eigenvalue weighted by Gasteiger charge is -2.41. The molecule has 88 heavy (non-hydrogen) atoms. The molecule has 5 heterocycles. The number of nitrogens with zero attached hydrogens (tertiary/aromatic N) is 3. The minimum Gasteiger partial charge on any atom is -0.495 e. The summed E-state index contributed by atoms with van der Waals surface area (Å²) in [6.07, 6.45) is 4.61. The molecule has 2 aromatic rings. The third kappa shape index (κ3) is 17.1. The number of allylic oxidation sites excluding steroid dienone is 3. The van der Waals surface area contributed by atoms with Gasteiger partial charge in [-0.1, -0.05) is 75.6 Å². The summed E-state index contributed by atoms with van der Waals surface area (Å²) in [5.74, 6) is -3.90. The van der Waals surface area contributed by atoms with E-state index >= 15 is 0 Å². The van der Waals surface area contributed by atoms with Crippen LogP contribution in [-0.4, -0.2) is 152 Å². The van der Waals surface area contributed by atoms with E-state index in [9.17, 15) is 48.3 Å². The molecule has 0 aliphatic carbocycles. The molecule has 1 unspecified atom stereocenters. The molecule has 0 saturated carbocycles. The number of primary amides is 1. The van der Waals surface area contributed by atoms with E-state index in [0.29, 0.717) is 85.7 Å². The molecule has 22 nitrogen and oxygen atoms in total. The number of carbonyl (C=O) groups is 9. The smallest absolute Gasteiger partial charge is 0.412 e. The number of benzene rings is 2. The summed E-state index contributed by atoms with van der Waals surface area (Å²) < 4.78 is 30.1. The summed E-state index contributed by atoms with van der Waals surface area (Å²) >= 11 is 6.91. The summed E-state index contributed by atoms with van der Waals surface area (Å²) in [5, 5.41) is 20.7. The fourth-order valence-electron chi connectivity index (χ4n) is 12.7. The molecule has 482 valence electrons. The first kappa shape index (κ1) is 68.6. The van der Waals surface area contributed by atoms with E-state index in [-0.39, 0.29) is 98.2 Å². The number of ether oxygens (including phenoxy) is 5. The van der Waals surface area contributed by atoms with Crippen molar-refractivity contribution >= 4 is 82.0 Å². The second-order valence-corrected chi connectivity index (χ2v) is 25.5. The van der Waals surface area contributed by atoms with E-state index in [0.717, 1.165) is 24.0 Å². The molecule has 23 heteroatoms. The van der Waals surface area contributed by atoms with Crippen molar-refractivity contribution < 1.29 is 71.9 Å². The van der Waals surface area contributed by atoms with Crippen LogP contribution in [0, 0.1) is 30.6 Å². The van der Waals surface area contributed by atoms with Crippen LogP contribution in [0.2, 0.25) is 5.02 Å². The van der Waals surface area contributed by atoms with E-state index in [2.05, 4.69) is 20.9 Å². The van der Waals surface area contributed by atoms with Crippen LogP contribution in [-0.2, 0) is 65.4 Å².